The number of benzene rings is 1. The quantitative estimate of drug-likeness (QED) is 0.908. The molecule has 0 spiro atoms. The van der Waals surface area contributed by atoms with Gasteiger partial charge in [0.15, 0.2) is 0 Å². The summed E-state index contributed by atoms with van der Waals surface area (Å²) in [4.78, 5) is 14.4. The molecule has 1 aliphatic carbocycles. The Bertz CT molecular complexity index is 515. The molecule has 1 amide bonds. The van der Waals surface area contributed by atoms with Crippen LogP contribution < -0.4 is 5.32 Å². The van der Waals surface area contributed by atoms with E-state index in [9.17, 15) is 9.18 Å². The van der Waals surface area contributed by atoms with Crippen molar-refractivity contribution in [1.82, 2.24) is 10.2 Å². The summed E-state index contributed by atoms with van der Waals surface area (Å²) in [5.74, 6) is -0.149. The van der Waals surface area contributed by atoms with Gasteiger partial charge in [0, 0.05) is 11.6 Å². The molecule has 0 bridgehead atoms. The summed E-state index contributed by atoms with van der Waals surface area (Å²) in [6.45, 7) is 3.89. The number of amides is 1. The Hall–Kier alpha value is -1.42. The van der Waals surface area contributed by atoms with Crippen molar-refractivity contribution in [1.29, 1.82) is 0 Å². The van der Waals surface area contributed by atoms with Crippen LogP contribution in [0.25, 0.3) is 0 Å². The predicted molar refractivity (Wildman–Crippen MR) is 70.8 cm³/mol. The van der Waals surface area contributed by atoms with Crippen molar-refractivity contribution >= 4 is 5.91 Å². The molecule has 3 nitrogen and oxygen atoms in total. The van der Waals surface area contributed by atoms with E-state index in [4.69, 9.17) is 0 Å². The number of carbonyl (C=O) groups excluding carboxylic acids is 1. The van der Waals surface area contributed by atoms with E-state index in [1.807, 2.05) is 24.8 Å². The SMILES string of the molecule is CCC1(C)NC(c2ccccc2F)N(C2CC2)C1=O. The van der Waals surface area contributed by atoms with Gasteiger partial charge in [0.1, 0.15) is 12.0 Å². The van der Waals surface area contributed by atoms with Gasteiger partial charge in [-0.25, -0.2) is 4.39 Å². The van der Waals surface area contributed by atoms with Crippen molar-refractivity contribution in [2.75, 3.05) is 0 Å². The van der Waals surface area contributed by atoms with E-state index in [0.717, 1.165) is 12.8 Å². The summed E-state index contributed by atoms with van der Waals surface area (Å²) in [6.07, 6.45) is 2.43. The molecule has 3 rings (SSSR count). The van der Waals surface area contributed by atoms with Crippen molar-refractivity contribution in [3.63, 3.8) is 0 Å². The Labute approximate surface area is 112 Å². The third-order valence-electron chi connectivity index (χ3n) is 4.29. The summed E-state index contributed by atoms with van der Waals surface area (Å²) < 4.78 is 14.0. The van der Waals surface area contributed by atoms with E-state index in [1.165, 1.54) is 6.07 Å². The molecule has 1 saturated carbocycles. The van der Waals surface area contributed by atoms with Crippen molar-refractivity contribution in [2.24, 2.45) is 0 Å². The number of hydrogen-bond acceptors (Lipinski definition) is 2. The van der Waals surface area contributed by atoms with Crippen LogP contribution in [0.3, 0.4) is 0 Å². The molecule has 1 heterocycles. The smallest absolute Gasteiger partial charge is 0.244 e. The molecule has 102 valence electrons. The van der Waals surface area contributed by atoms with Gasteiger partial charge >= 0.3 is 0 Å². The van der Waals surface area contributed by atoms with Gasteiger partial charge in [0.05, 0.1) is 5.54 Å². The first kappa shape index (κ1) is 12.6. The van der Waals surface area contributed by atoms with E-state index < -0.39 is 5.54 Å². The number of nitrogens with one attached hydrogen (secondary N) is 1. The van der Waals surface area contributed by atoms with Gasteiger partial charge in [-0.2, -0.15) is 0 Å². The Morgan fingerprint density at radius 3 is 2.68 bits per heavy atom. The molecule has 2 atom stereocenters. The highest BCUT2D eigenvalue weighted by molar-refractivity contribution is 5.89. The monoisotopic (exact) mass is 262 g/mol. The Morgan fingerprint density at radius 2 is 2.11 bits per heavy atom. The maximum Gasteiger partial charge on any atom is 0.244 e. The van der Waals surface area contributed by atoms with E-state index >= 15 is 0 Å². The van der Waals surface area contributed by atoms with E-state index in [1.54, 1.807) is 12.1 Å². The van der Waals surface area contributed by atoms with Crippen LogP contribution in [0, 0.1) is 5.82 Å². The molecule has 2 aliphatic rings. The lowest BCUT2D eigenvalue weighted by molar-refractivity contribution is -0.133. The van der Waals surface area contributed by atoms with Crippen molar-refractivity contribution in [3.8, 4) is 0 Å². The lowest BCUT2D eigenvalue weighted by Gasteiger charge is -2.24. The first-order valence-corrected chi connectivity index (χ1v) is 6.91. The zero-order chi connectivity index (χ0) is 13.6. The van der Waals surface area contributed by atoms with E-state index in [0.29, 0.717) is 12.0 Å². The van der Waals surface area contributed by atoms with Crippen molar-refractivity contribution in [3.05, 3.63) is 35.6 Å². The molecule has 2 unspecified atom stereocenters. The summed E-state index contributed by atoms with van der Waals surface area (Å²) >= 11 is 0. The van der Waals surface area contributed by atoms with Gasteiger partial charge in [-0.15, -0.1) is 0 Å². The Morgan fingerprint density at radius 1 is 1.42 bits per heavy atom. The normalized spacial score (nSPS) is 31.0. The fourth-order valence-corrected chi connectivity index (χ4v) is 2.74. The molecule has 0 aromatic heterocycles. The van der Waals surface area contributed by atoms with Gasteiger partial charge in [0.25, 0.3) is 0 Å². The minimum Gasteiger partial charge on any atom is -0.318 e. The van der Waals surface area contributed by atoms with Crippen LogP contribution in [0.15, 0.2) is 24.3 Å². The fourth-order valence-electron chi connectivity index (χ4n) is 2.74. The van der Waals surface area contributed by atoms with Gasteiger partial charge in [-0.05, 0) is 32.3 Å². The maximum absolute atomic E-state index is 14.0. The van der Waals surface area contributed by atoms with Crippen LogP contribution >= 0.6 is 0 Å². The zero-order valence-corrected chi connectivity index (χ0v) is 11.3. The second-order valence-electron chi connectivity index (χ2n) is 5.70. The van der Waals surface area contributed by atoms with Gasteiger partial charge < -0.3 is 4.90 Å². The third kappa shape index (κ3) is 1.94. The molecular formula is C15H19FN2O. The standard InChI is InChI=1S/C15H19FN2O/c1-3-15(2)14(19)18(10-8-9-10)13(17-15)11-6-4-5-7-12(11)16/h4-7,10,13,17H,3,8-9H2,1-2H3. The highest BCUT2D eigenvalue weighted by Crippen LogP contribution is 2.41. The first-order chi connectivity index (χ1) is 9.07. The average Bonchev–Trinajstić information content (AvgIpc) is 3.19. The summed E-state index contributed by atoms with van der Waals surface area (Å²) in [5, 5.41) is 3.33. The zero-order valence-electron chi connectivity index (χ0n) is 11.3. The first-order valence-electron chi connectivity index (χ1n) is 6.91. The fraction of sp³-hybridized carbons (Fsp3) is 0.533. The second-order valence-corrected chi connectivity index (χ2v) is 5.70. The van der Waals surface area contributed by atoms with Gasteiger partial charge in [-0.3, -0.25) is 10.1 Å². The Kier molecular flexibility index (Phi) is 2.86. The average molecular weight is 262 g/mol. The summed E-state index contributed by atoms with van der Waals surface area (Å²) in [6, 6.07) is 6.98. The maximum atomic E-state index is 14.0. The van der Waals surface area contributed by atoms with Crippen LogP contribution in [-0.2, 0) is 4.79 Å². The largest absolute Gasteiger partial charge is 0.318 e. The van der Waals surface area contributed by atoms with Crippen LogP contribution in [0.4, 0.5) is 4.39 Å². The van der Waals surface area contributed by atoms with Crippen LogP contribution in [0.5, 0.6) is 0 Å². The van der Waals surface area contributed by atoms with Gasteiger partial charge in [0.2, 0.25) is 5.91 Å². The number of nitrogens with zero attached hydrogens (tertiary/aromatic N) is 1. The van der Waals surface area contributed by atoms with E-state index in [2.05, 4.69) is 5.32 Å². The molecule has 1 N–H and O–H groups in total. The van der Waals surface area contributed by atoms with E-state index in [-0.39, 0.29) is 23.9 Å². The highest BCUT2D eigenvalue weighted by Gasteiger charge is 2.52. The number of carbonyl (C=O) groups is 1. The minimum atomic E-state index is -0.574. The number of hydrogen-bond donors (Lipinski definition) is 1. The minimum absolute atomic E-state index is 0.103. The second kappa shape index (κ2) is 4.30. The summed E-state index contributed by atoms with van der Waals surface area (Å²) in [7, 11) is 0. The lowest BCUT2D eigenvalue weighted by atomic mass is 9.99. The van der Waals surface area contributed by atoms with Crippen LogP contribution in [0.1, 0.15) is 44.8 Å². The molecule has 1 aromatic carbocycles. The third-order valence-corrected chi connectivity index (χ3v) is 4.29. The van der Waals surface area contributed by atoms with Crippen LogP contribution in [0.2, 0.25) is 0 Å². The summed E-state index contributed by atoms with van der Waals surface area (Å²) in [5.41, 5.74) is -0.00450. The molecule has 0 radical (unpaired) electrons. The molecular weight excluding hydrogens is 243 g/mol. The van der Waals surface area contributed by atoms with Gasteiger partial charge in [-0.1, -0.05) is 25.1 Å². The topological polar surface area (TPSA) is 32.3 Å². The van der Waals surface area contributed by atoms with Crippen molar-refractivity contribution in [2.45, 2.75) is 50.9 Å². The molecule has 1 aliphatic heterocycles. The highest BCUT2D eigenvalue weighted by atomic mass is 19.1. The lowest BCUT2D eigenvalue weighted by Crippen LogP contribution is -2.43. The molecule has 1 saturated heterocycles. The molecule has 19 heavy (non-hydrogen) atoms. The van der Waals surface area contributed by atoms with Crippen LogP contribution in [-0.4, -0.2) is 22.4 Å². The molecule has 1 aromatic rings. The number of rotatable bonds is 3. The predicted octanol–water partition coefficient (Wildman–Crippen LogP) is 2.59. The Balaban J connectivity index is 2.00. The molecule has 4 heteroatoms. The van der Waals surface area contributed by atoms with Crippen molar-refractivity contribution < 1.29 is 9.18 Å². The molecule has 2 fully saturated rings. The number of halogens is 1.